The molecule has 0 aromatic rings. The van der Waals surface area contributed by atoms with E-state index in [0.717, 1.165) is 0 Å². The Morgan fingerprint density at radius 1 is 1.57 bits per heavy atom. The van der Waals surface area contributed by atoms with E-state index in [-0.39, 0.29) is 0 Å². The number of carbonyl (C=O) groups is 1. The molecule has 0 saturated carbocycles. The summed E-state index contributed by atoms with van der Waals surface area (Å²) in [5.41, 5.74) is 0. The van der Waals surface area contributed by atoms with Gasteiger partial charge in [0.2, 0.25) is 0 Å². The minimum absolute atomic E-state index is 0.519. The Labute approximate surface area is 79.2 Å². The molecule has 2 heterocycles. The van der Waals surface area contributed by atoms with Crippen molar-refractivity contribution in [2.45, 2.75) is 30.6 Å². The van der Waals surface area contributed by atoms with E-state index in [1.165, 1.54) is 0 Å². The van der Waals surface area contributed by atoms with Crippen LogP contribution in [-0.4, -0.2) is 58.7 Å². The lowest BCUT2D eigenvalue weighted by Gasteiger charge is -2.19. The van der Waals surface area contributed by atoms with E-state index in [4.69, 9.17) is 14.6 Å². The van der Waals surface area contributed by atoms with Crippen LogP contribution in [0.4, 0.5) is 4.79 Å². The Bertz CT molecular complexity index is 246. The quantitative estimate of drug-likeness (QED) is 0.398. The second-order valence-electron chi connectivity index (χ2n) is 3.28. The van der Waals surface area contributed by atoms with Crippen LogP contribution in [0.3, 0.4) is 0 Å². The van der Waals surface area contributed by atoms with E-state index in [9.17, 15) is 15.0 Å². The van der Waals surface area contributed by atoms with E-state index < -0.39 is 43.3 Å². The first-order valence-corrected chi connectivity index (χ1v) is 4.23. The van der Waals surface area contributed by atoms with Crippen molar-refractivity contribution < 1.29 is 29.6 Å². The van der Waals surface area contributed by atoms with Gasteiger partial charge in [-0.3, -0.25) is 5.32 Å². The third-order valence-electron chi connectivity index (χ3n) is 2.34. The summed E-state index contributed by atoms with van der Waals surface area (Å²) in [6.07, 6.45) is -5.46. The van der Waals surface area contributed by atoms with Gasteiger partial charge in [-0.25, -0.2) is 4.79 Å². The fourth-order valence-corrected chi connectivity index (χ4v) is 1.64. The van der Waals surface area contributed by atoms with Gasteiger partial charge in [-0.05, 0) is 0 Å². The largest absolute Gasteiger partial charge is 0.438 e. The molecule has 1 amide bonds. The van der Waals surface area contributed by atoms with Gasteiger partial charge >= 0.3 is 6.09 Å². The lowest BCUT2D eigenvalue weighted by molar-refractivity contribution is -0.0862. The Kier molecular flexibility index (Phi) is 2.31. The third-order valence-corrected chi connectivity index (χ3v) is 2.34. The molecule has 4 N–H and O–H groups in total. The Hall–Kier alpha value is -0.890. The molecule has 2 saturated heterocycles. The standard InChI is InChI=1S/C7H11NO6/c9-1-2(10)4-3(11)5-6(13-4)8-7(12)14-5/h2-6,9-11H,1H2,(H,8,12)/t2-,3+,4-,5-,6+/m1/s1. The zero-order valence-corrected chi connectivity index (χ0v) is 7.16. The van der Waals surface area contributed by atoms with Crippen LogP contribution in [0.5, 0.6) is 0 Å². The average Bonchev–Trinajstić information content (AvgIpc) is 2.64. The smallest absolute Gasteiger partial charge is 0.409 e. The summed E-state index contributed by atoms with van der Waals surface area (Å²) in [6.45, 7) is -0.519. The van der Waals surface area contributed by atoms with Gasteiger partial charge in [0.15, 0.2) is 12.3 Å². The van der Waals surface area contributed by atoms with Gasteiger partial charge < -0.3 is 24.8 Å². The van der Waals surface area contributed by atoms with Crippen LogP contribution in [0.1, 0.15) is 0 Å². The molecule has 0 aliphatic carbocycles. The second kappa shape index (κ2) is 3.35. The summed E-state index contributed by atoms with van der Waals surface area (Å²) in [6, 6.07) is 0. The van der Waals surface area contributed by atoms with Crippen LogP contribution < -0.4 is 5.32 Å². The van der Waals surface area contributed by atoms with Crippen molar-refractivity contribution in [1.29, 1.82) is 0 Å². The van der Waals surface area contributed by atoms with Gasteiger partial charge in [0.25, 0.3) is 0 Å². The van der Waals surface area contributed by atoms with Gasteiger partial charge in [0.05, 0.1) is 6.61 Å². The number of ether oxygens (including phenoxy) is 2. The van der Waals surface area contributed by atoms with Crippen LogP contribution >= 0.6 is 0 Å². The van der Waals surface area contributed by atoms with Crippen molar-refractivity contribution >= 4 is 6.09 Å². The number of hydrogen-bond acceptors (Lipinski definition) is 6. The average molecular weight is 205 g/mol. The molecule has 2 fully saturated rings. The molecule has 80 valence electrons. The molecule has 0 aromatic heterocycles. The first-order valence-electron chi connectivity index (χ1n) is 4.23. The summed E-state index contributed by atoms with van der Waals surface area (Å²) >= 11 is 0. The molecule has 7 nitrogen and oxygen atoms in total. The highest BCUT2D eigenvalue weighted by Crippen LogP contribution is 2.28. The minimum atomic E-state index is -1.18. The van der Waals surface area contributed by atoms with E-state index in [1.54, 1.807) is 0 Å². The highest BCUT2D eigenvalue weighted by molar-refractivity contribution is 5.70. The third kappa shape index (κ3) is 1.34. The van der Waals surface area contributed by atoms with Gasteiger partial charge in [0, 0.05) is 0 Å². The molecule has 0 radical (unpaired) electrons. The number of nitrogens with one attached hydrogen (secondary N) is 1. The van der Waals surface area contributed by atoms with Crippen molar-refractivity contribution in [3.05, 3.63) is 0 Å². The van der Waals surface area contributed by atoms with Gasteiger partial charge in [0.1, 0.15) is 18.3 Å². The number of fused-ring (bicyclic) bond motifs is 1. The predicted molar refractivity (Wildman–Crippen MR) is 41.2 cm³/mol. The monoisotopic (exact) mass is 205 g/mol. The molecular weight excluding hydrogens is 194 g/mol. The number of rotatable bonds is 2. The maximum Gasteiger partial charge on any atom is 0.409 e. The molecule has 0 aromatic carbocycles. The number of alkyl carbamates (subject to hydrolysis) is 1. The molecule has 5 atom stereocenters. The minimum Gasteiger partial charge on any atom is -0.438 e. The molecule has 2 aliphatic heterocycles. The SMILES string of the molecule is O=C1N[C@H]2O[C@H]([C@H](O)CO)[C@H](O)[C@H]2O1. The zero-order chi connectivity index (χ0) is 10.3. The maximum absolute atomic E-state index is 10.7. The van der Waals surface area contributed by atoms with E-state index in [0.29, 0.717) is 0 Å². The highest BCUT2D eigenvalue weighted by Gasteiger charge is 2.52. The summed E-state index contributed by atoms with van der Waals surface area (Å²) in [5.74, 6) is 0. The molecule has 7 heteroatoms. The Morgan fingerprint density at radius 3 is 2.86 bits per heavy atom. The topological polar surface area (TPSA) is 108 Å². The van der Waals surface area contributed by atoms with Crippen molar-refractivity contribution in [1.82, 2.24) is 5.32 Å². The van der Waals surface area contributed by atoms with E-state index in [1.807, 2.05) is 0 Å². The number of aliphatic hydroxyl groups is 3. The second-order valence-corrected chi connectivity index (χ2v) is 3.28. The highest BCUT2D eigenvalue weighted by atomic mass is 16.6. The maximum atomic E-state index is 10.7. The lowest BCUT2D eigenvalue weighted by Crippen LogP contribution is -2.41. The fraction of sp³-hybridized carbons (Fsp3) is 0.857. The fourth-order valence-electron chi connectivity index (χ4n) is 1.64. The Morgan fingerprint density at radius 2 is 2.29 bits per heavy atom. The van der Waals surface area contributed by atoms with Crippen molar-refractivity contribution in [3.63, 3.8) is 0 Å². The van der Waals surface area contributed by atoms with Crippen LogP contribution in [-0.2, 0) is 9.47 Å². The van der Waals surface area contributed by atoms with Crippen LogP contribution in [0.15, 0.2) is 0 Å². The summed E-state index contributed by atoms with van der Waals surface area (Å²) in [7, 11) is 0. The van der Waals surface area contributed by atoms with Crippen LogP contribution in [0, 0.1) is 0 Å². The Balaban J connectivity index is 2.05. The first kappa shape index (κ1) is 9.66. The summed E-state index contributed by atoms with van der Waals surface area (Å²) in [4.78, 5) is 10.7. The van der Waals surface area contributed by atoms with Crippen LogP contribution in [0.25, 0.3) is 0 Å². The molecule has 2 aliphatic rings. The molecule has 2 rings (SSSR count). The number of carbonyl (C=O) groups excluding carboxylic acids is 1. The number of hydrogen-bond donors (Lipinski definition) is 4. The zero-order valence-electron chi connectivity index (χ0n) is 7.16. The lowest BCUT2D eigenvalue weighted by atomic mass is 10.1. The van der Waals surface area contributed by atoms with Gasteiger partial charge in [-0.1, -0.05) is 0 Å². The number of aliphatic hydroxyl groups excluding tert-OH is 3. The molecule has 0 spiro atoms. The van der Waals surface area contributed by atoms with E-state index in [2.05, 4.69) is 5.32 Å². The summed E-state index contributed by atoms with van der Waals surface area (Å²) in [5, 5.41) is 29.8. The van der Waals surface area contributed by atoms with Crippen molar-refractivity contribution in [3.8, 4) is 0 Å². The van der Waals surface area contributed by atoms with Crippen LogP contribution in [0.2, 0.25) is 0 Å². The first-order chi connectivity index (χ1) is 6.63. The normalized spacial score (nSPS) is 42.9. The predicted octanol–water partition coefficient (Wildman–Crippen LogP) is -2.47. The molecule has 0 unspecified atom stereocenters. The number of amides is 1. The van der Waals surface area contributed by atoms with Crippen molar-refractivity contribution in [2.24, 2.45) is 0 Å². The molecule has 0 bridgehead atoms. The van der Waals surface area contributed by atoms with Crippen molar-refractivity contribution in [2.75, 3.05) is 6.61 Å². The molecular formula is C7H11NO6. The molecule has 14 heavy (non-hydrogen) atoms. The van der Waals surface area contributed by atoms with E-state index >= 15 is 0 Å². The summed E-state index contributed by atoms with van der Waals surface area (Å²) < 4.78 is 9.81. The van der Waals surface area contributed by atoms with Gasteiger partial charge in [-0.2, -0.15) is 0 Å². The van der Waals surface area contributed by atoms with Gasteiger partial charge in [-0.15, -0.1) is 0 Å².